The third-order valence-corrected chi connectivity index (χ3v) is 3.05. The molecule has 96 valence electrons. The van der Waals surface area contributed by atoms with E-state index in [-0.39, 0.29) is 0 Å². The molecule has 2 heteroatoms. The average molecular weight is 243 g/mol. The summed E-state index contributed by atoms with van der Waals surface area (Å²) in [4.78, 5) is 0. The van der Waals surface area contributed by atoms with Gasteiger partial charge >= 0.3 is 0 Å². The summed E-state index contributed by atoms with van der Waals surface area (Å²) < 4.78 is 0. The highest BCUT2D eigenvalue weighted by atomic mass is 16.3. The smallest absolute Gasteiger partial charge is 0.0914 e. The maximum absolute atomic E-state index is 10.1. The fourth-order valence-corrected chi connectivity index (χ4v) is 2.04. The molecule has 0 radical (unpaired) electrons. The van der Waals surface area contributed by atoms with Crippen molar-refractivity contribution in [1.29, 1.82) is 0 Å². The Morgan fingerprint density at radius 2 is 1.72 bits per heavy atom. The van der Waals surface area contributed by atoms with E-state index in [1.807, 2.05) is 18.2 Å². The first-order chi connectivity index (χ1) is 8.66. The Bertz CT molecular complexity index is 507. The molecule has 2 nitrogen and oxygen atoms in total. The molecule has 0 aromatic heterocycles. The van der Waals surface area contributed by atoms with Gasteiger partial charge in [0, 0.05) is 6.54 Å². The number of nitrogens with one attached hydrogen (secondary N) is 1. The van der Waals surface area contributed by atoms with E-state index in [1.165, 1.54) is 10.8 Å². The molecule has 2 rings (SSSR count). The number of benzene rings is 2. The van der Waals surface area contributed by atoms with Crippen LogP contribution in [0.15, 0.2) is 42.5 Å². The predicted octanol–water partition coefficient (Wildman–Crippen LogP) is 3.12. The van der Waals surface area contributed by atoms with Crippen LogP contribution in [0.2, 0.25) is 0 Å². The van der Waals surface area contributed by atoms with Crippen LogP contribution in [-0.4, -0.2) is 18.2 Å². The second-order valence-corrected chi connectivity index (χ2v) is 5.17. The SMILES string of the molecule is CC(C)CNC[C@H](O)c1ccc2ccccc2c1. The van der Waals surface area contributed by atoms with Crippen LogP contribution in [0.5, 0.6) is 0 Å². The van der Waals surface area contributed by atoms with Crippen molar-refractivity contribution < 1.29 is 5.11 Å². The van der Waals surface area contributed by atoms with Crippen LogP contribution in [0.25, 0.3) is 10.8 Å². The van der Waals surface area contributed by atoms with E-state index in [4.69, 9.17) is 0 Å². The topological polar surface area (TPSA) is 32.3 Å². The second kappa shape index (κ2) is 5.98. The molecule has 0 bridgehead atoms. The van der Waals surface area contributed by atoms with Gasteiger partial charge in [-0.3, -0.25) is 0 Å². The van der Waals surface area contributed by atoms with Crippen LogP contribution in [-0.2, 0) is 0 Å². The molecule has 1 atom stereocenters. The van der Waals surface area contributed by atoms with Crippen molar-refractivity contribution in [2.75, 3.05) is 13.1 Å². The van der Waals surface area contributed by atoms with Crippen LogP contribution >= 0.6 is 0 Å². The molecule has 0 aliphatic rings. The lowest BCUT2D eigenvalue weighted by molar-refractivity contribution is 0.173. The van der Waals surface area contributed by atoms with Crippen molar-refractivity contribution in [2.24, 2.45) is 5.92 Å². The Balaban J connectivity index is 2.06. The number of aliphatic hydroxyl groups is 1. The zero-order chi connectivity index (χ0) is 13.0. The van der Waals surface area contributed by atoms with E-state index in [9.17, 15) is 5.11 Å². The quantitative estimate of drug-likeness (QED) is 0.845. The number of hydrogen-bond acceptors (Lipinski definition) is 2. The second-order valence-electron chi connectivity index (χ2n) is 5.17. The van der Waals surface area contributed by atoms with Crippen molar-refractivity contribution in [3.8, 4) is 0 Å². The maximum atomic E-state index is 10.1. The summed E-state index contributed by atoms with van der Waals surface area (Å²) in [6.45, 7) is 5.87. The Morgan fingerprint density at radius 1 is 1.00 bits per heavy atom. The fraction of sp³-hybridized carbons (Fsp3) is 0.375. The first kappa shape index (κ1) is 13.1. The summed E-state index contributed by atoms with van der Waals surface area (Å²) in [6, 6.07) is 14.4. The lowest BCUT2D eigenvalue weighted by atomic mass is 10.0. The summed E-state index contributed by atoms with van der Waals surface area (Å²) in [5.74, 6) is 0.605. The van der Waals surface area contributed by atoms with Crippen molar-refractivity contribution in [3.63, 3.8) is 0 Å². The summed E-state index contributed by atoms with van der Waals surface area (Å²) in [6.07, 6.45) is -0.437. The number of fused-ring (bicyclic) bond motifs is 1. The molecule has 0 amide bonds. The molecule has 2 aromatic rings. The van der Waals surface area contributed by atoms with Gasteiger partial charge in [-0.05, 0) is 34.9 Å². The van der Waals surface area contributed by atoms with Gasteiger partial charge in [0.15, 0.2) is 0 Å². The highest BCUT2D eigenvalue weighted by Gasteiger charge is 2.07. The monoisotopic (exact) mass is 243 g/mol. The minimum Gasteiger partial charge on any atom is -0.387 e. The Morgan fingerprint density at radius 3 is 2.44 bits per heavy atom. The number of aliphatic hydroxyl groups excluding tert-OH is 1. The maximum Gasteiger partial charge on any atom is 0.0914 e. The summed E-state index contributed by atoms with van der Waals surface area (Å²) in [5.41, 5.74) is 0.977. The van der Waals surface area contributed by atoms with Crippen LogP contribution in [0.3, 0.4) is 0 Å². The zero-order valence-electron chi connectivity index (χ0n) is 11.1. The van der Waals surface area contributed by atoms with Crippen molar-refractivity contribution >= 4 is 10.8 Å². The third kappa shape index (κ3) is 3.31. The molecular formula is C16H21NO. The van der Waals surface area contributed by atoms with E-state index >= 15 is 0 Å². The van der Waals surface area contributed by atoms with E-state index in [0.717, 1.165) is 12.1 Å². The van der Waals surface area contributed by atoms with Crippen LogP contribution < -0.4 is 5.32 Å². The van der Waals surface area contributed by atoms with Gasteiger partial charge < -0.3 is 10.4 Å². The van der Waals surface area contributed by atoms with E-state index in [0.29, 0.717) is 12.5 Å². The Kier molecular flexibility index (Phi) is 4.34. The molecule has 0 saturated carbocycles. The molecule has 0 fully saturated rings. The third-order valence-electron chi connectivity index (χ3n) is 3.05. The van der Waals surface area contributed by atoms with Gasteiger partial charge in [-0.2, -0.15) is 0 Å². The molecule has 0 spiro atoms. The fourth-order valence-electron chi connectivity index (χ4n) is 2.04. The predicted molar refractivity (Wildman–Crippen MR) is 76.6 cm³/mol. The van der Waals surface area contributed by atoms with E-state index in [2.05, 4.69) is 43.4 Å². The highest BCUT2D eigenvalue weighted by molar-refractivity contribution is 5.83. The Hall–Kier alpha value is -1.38. The first-order valence-electron chi connectivity index (χ1n) is 6.54. The van der Waals surface area contributed by atoms with Crippen LogP contribution in [0, 0.1) is 5.92 Å². The van der Waals surface area contributed by atoms with E-state index in [1.54, 1.807) is 0 Å². The molecule has 2 aromatic carbocycles. The van der Waals surface area contributed by atoms with Crippen LogP contribution in [0.1, 0.15) is 25.5 Å². The molecule has 18 heavy (non-hydrogen) atoms. The van der Waals surface area contributed by atoms with Gasteiger partial charge in [0.05, 0.1) is 6.10 Å². The van der Waals surface area contributed by atoms with Gasteiger partial charge in [0.25, 0.3) is 0 Å². The minimum absolute atomic E-state index is 0.437. The summed E-state index contributed by atoms with van der Waals surface area (Å²) in [5, 5.41) is 15.8. The summed E-state index contributed by atoms with van der Waals surface area (Å²) >= 11 is 0. The molecule has 2 N–H and O–H groups in total. The lowest BCUT2D eigenvalue weighted by Crippen LogP contribution is -2.25. The van der Waals surface area contributed by atoms with E-state index < -0.39 is 6.10 Å². The Labute approximate surface area is 109 Å². The molecule has 0 saturated heterocycles. The van der Waals surface area contributed by atoms with Crippen LogP contribution in [0.4, 0.5) is 0 Å². The largest absolute Gasteiger partial charge is 0.387 e. The average Bonchev–Trinajstić information content (AvgIpc) is 2.37. The van der Waals surface area contributed by atoms with Gasteiger partial charge in [0.1, 0.15) is 0 Å². The molecule has 0 aliphatic carbocycles. The normalized spacial score (nSPS) is 13.1. The van der Waals surface area contributed by atoms with Gasteiger partial charge in [0.2, 0.25) is 0 Å². The standard InChI is InChI=1S/C16H21NO/c1-12(2)10-17-11-16(18)15-8-7-13-5-3-4-6-14(13)9-15/h3-9,12,16-18H,10-11H2,1-2H3/t16-/m0/s1. The van der Waals surface area contributed by atoms with Crippen molar-refractivity contribution in [2.45, 2.75) is 20.0 Å². The zero-order valence-corrected chi connectivity index (χ0v) is 11.1. The summed E-state index contributed by atoms with van der Waals surface area (Å²) in [7, 11) is 0. The molecule has 0 unspecified atom stereocenters. The first-order valence-corrected chi connectivity index (χ1v) is 6.54. The highest BCUT2D eigenvalue weighted by Crippen LogP contribution is 2.20. The lowest BCUT2D eigenvalue weighted by Gasteiger charge is -2.14. The van der Waals surface area contributed by atoms with Gasteiger partial charge in [-0.25, -0.2) is 0 Å². The van der Waals surface area contributed by atoms with Gasteiger partial charge in [-0.15, -0.1) is 0 Å². The number of rotatable bonds is 5. The minimum atomic E-state index is -0.437. The van der Waals surface area contributed by atoms with Gasteiger partial charge in [-0.1, -0.05) is 50.2 Å². The van der Waals surface area contributed by atoms with Crippen molar-refractivity contribution in [1.82, 2.24) is 5.32 Å². The number of hydrogen-bond donors (Lipinski definition) is 2. The molecule has 0 heterocycles. The molecular weight excluding hydrogens is 222 g/mol. The van der Waals surface area contributed by atoms with Crippen molar-refractivity contribution in [3.05, 3.63) is 48.0 Å². The molecule has 0 aliphatic heterocycles.